The number of aromatic nitrogens is 2. The minimum atomic E-state index is -0.166. The van der Waals surface area contributed by atoms with Crippen LogP contribution in [0, 0.1) is 11.3 Å². The van der Waals surface area contributed by atoms with Crippen LogP contribution < -0.4 is 0 Å². The van der Waals surface area contributed by atoms with Gasteiger partial charge >= 0.3 is 0 Å². The first-order chi connectivity index (χ1) is 9.81. The standard InChI is InChI=1S/C16H15N3O/c17-10-9-14(20)15-13-8-4-5-11-19(13)16(18-15)12-6-2-1-3-7-12/h1-3,6-7H,4-5,8-9,11H2. The molecule has 0 N–H and O–H groups in total. The van der Waals surface area contributed by atoms with Gasteiger partial charge in [0.15, 0.2) is 5.78 Å². The normalized spacial score (nSPS) is 13.6. The number of rotatable bonds is 3. The van der Waals surface area contributed by atoms with E-state index in [-0.39, 0.29) is 12.2 Å². The molecule has 4 heteroatoms. The van der Waals surface area contributed by atoms with Crippen LogP contribution >= 0.6 is 0 Å². The Labute approximate surface area is 117 Å². The van der Waals surface area contributed by atoms with Crippen LogP contribution in [0.5, 0.6) is 0 Å². The SMILES string of the molecule is N#CCC(=O)c1nc(-c2ccccc2)n2c1CCCC2. The fraction of sp³-hybridized carbons (Fsp3) is 0.312. The van der Waals surface area contributed by atoms with Gasteiger partial charge in [-0.1, -0.05) is 30.3 Å². The number of Topliss-reactive ketones (excluding diaryl/α,β-unsaturated/α-hetero) is 1. The highest BCUT2D eigenvalue weighted by Crippen LogP contribution is 2.28. The molecule has 0 saturated carbocycles. The van der Waals surface area contributed by atoms with E-state index in [0.29, 0.717) is 5.69 Å². The second-order valence-corrected chi connectivity index (χ2v) is 4.96. The summed E-state index contributed by atoms with van der Waals surface area (Å²) in [6, 6.07) is 11.8. The number of fused-ring (bicyclic) bond motifs is 1. The van der Waals surface area contributed by atoms with Gasteiger partial charge in [-0.15, -0.1) is 0 Å². The van der Waals surface area contributed by atoms with Crippen LogP contribution in [-0.2, 0) is 13.0 Å². The van der Waals surface area contributed by atoms with Crippen molar-refractivity contribution < 1.29 is 4.79 Å². The van der Waals surface area contributed by atoms with E-state index in [1.807, 2.05) is 36.4 Å². The summed E-state index contributed by atoms with van der Waals surface area (Å²) in [5.74, 6) is 0.682. The Hall–Kier alpha value is -2.41. The maximum atomic E-state index is 12.1. The molecule has 0 aliphatic carbocycles. The molecule has 100 valence electrons. The lowest BCUT2D eigenvalue weighted by molar-refractivity contribution is 0.0992. The van der Waals surface area contributed by atoms with Crippen LogP contribution in [0.2, 0.25) is 0 Å². The fourth-order valence-corrected chi connectivity index (χ4v) is 2.73. The highest BCUT2D eigenvalue weighted by Gasteiger charge is 2.24. The highest BCUT2D eigenvalue weighted by molar-refractivity contribution is 5.97. The third kappa shape index (κ3) is 2.12. The maximum absolute atomic E-state index is 12.1. The number of ketones is 1. The Balaban J connectivity index is 2.12. The van der Waals surface area contributed by atoms with Gasteiger partial charge in [0.2, 0.25) is 0 Å². The Bertz CT molecular complexity index is 680. The van der Waals surface area contributed by atoms with Crippen molar-refractivity contribution in [2.75, 3.05) is 0 Å². The van der Waals surface area contributed by atoms with Crippen molar-refractivity contribution in [3.8, 4) is 17.5 Å². The van der Waals surface area contributed by atoms with E-state index in [2.05, 4.69) is 9.55 Å². The summed E-state index contributed by atoms with van der Waals surface area (Å²) in [5, 5.41) is 8.72. The molecule has 2 aromatic rings. The number of benzene rings is 1. The first kappa shape index (κ1) is 12.6. The van der Waals surface area contributed by atoms with Crippen molar-refractivity contribution in [2.24, 2.45) is 0 Å². The third-order valence-electron chi connectivity index (χ3n) is 3.65. The van der Waals surface area contributed by atoms with Gasteiger partial charge in [-0.2, -0.15) is 5.26 Å². The molecule has 1 aromatic carbocycles. The van der Waals surface area contributed by atoms with Gasteiger partial charge in [0.25, 0.3) is 0 Å². The van der Waals surface area contributed by atoms with E-state index in [0.717, 1.165) is 42.9 Å². The molecule has 0 fully saturated rings. The van der Waals surface area contributed by atoms with Crippen LogP contribution in [0.15, 0.2) is 30.3 Å². The average molecular weight is 265 g/mol. The van der Waals surface area contributed by atoms with Crippen LogP contribution in [0.1, 0.15) is 35.4 Å². The zero-order valence-electron chi connectivity index (χ0n) is 11.2. The van der Waals surface area contributed by atoms with Gasteiger partial charge < -0.3 is 4.57 Å². The zero-order chi connectivity index (χ0) is 13.9. The molecule has 0 spiro atoms. The number of hydrogen-bond acceptors (Lipinski definition) is 3. The van der Waals surface area contributed by atoms with Gasteiger partial charge in [0.1, 0.15) is 17.9 Å². The molecule has 3 rings (SSSR count). The molecule has 0 bridgehead atoms. The summed E-state index contributed by atoms with van der Waals surface area (Å²) in [6.45, 7) is 0.895. The molecular formula is C16H15N3O. The summed E-state index contributed by atoms with van der Waals surface area (Å²) in [4.78, 5) is 16.6. The molecule has 4 nitrogen and oxygen atoms in total. The largest absolute Gasteiger partial charge is 0.327 e. The first-order valence-corrected chi connectivity index (χ1v) is 6.86. The summed E-state index contributed by atoms with van der Waals surface area (Å²) in [5.41, 5.74) is 2.51. The lowest BCUT2D eigenvalue weighted by Crippen LogP contribution is -2.13. The molecule has 0 atom stereocenters. The first-order valence-electron chi connectivity index (χ1n) is 6.86. The zero-order valence-corrected chi connectivity index (χ0v) is 11.2. The van der Waals surface area contributed by atoms with Crippen molar-refractivity contribution in [3.63, 3.8) is 0 Å². The van der Waals surface area contributed by atoms with E-state index in [9.17, 15) is 4.79 Å². The second-order valence-electron chi connectivity index (χ2n) is 4.96. The number of nitriles is 1. The summed E-state index contributed by atoms with van der Waals surface area (Å²) in [6.07, 6.45) is 2.95. The molecule has 0 unspecified atom stereocenters. The second kappa shape index (κ2) is 5.30. The fourth-order valence-electron chi connectivity index (χ4n) is 2.73. The Morgan fingerprint density at radius 1 is 1.30 bits per heavy atom. The van der Waals surface area contributed by atoms with Crippen molar-refractivity contribution in [3.05, 3.63) is 41.7 Å². The summed E-state index contributed by atoms with van der Waals surface area (Å²) >= 11 is 0. The molecule has 0 saturated heterocycles. The smallest absolute Gasteiger partial charge is 0.197 e. The van der Waals surface area contributed by atoms with E-state index in [1.165, 1.54) is 0 Å². The molecular weight excluding hydrogens is 250 g/mol. The van der Waals surface area contributed by atoms with Crippen molar-refractivity contribution >= 4 is 5.78 Å². The van der Waals surface area contributed by atoms with Crippen molar-refractivity contribution in [1.29, 1.82) is 5.26 Å². The lowest BCUT2D eigenvalue weighted by Gasteiger charge is -2.17. The van der Waals surface area contributed by atoms with Gasteiger partial charge in [-0.25, -0.2) is 4.98 Å². The lowest BCUT2D eigenvalue weighted by atomic mass is 10.1. The van der Waals surface area contributed by atoms with Crippen LogP contribution in [0.4, 0.5) is 0 Å². The predicted octanol–water partition coefficient (Wildman–Crippen LogP) is 2.98. The van der Waals surface area contributed by atoms with E-state index < -0.39 is 0 Å². The Morgan fingerprint density at radius 2 is 2.10 bits per heavy atom. The topological polar surface area (TPSA) is 58.7 Å². The van der Waals surface area contributed by atoms with Crippen molar-refractivity contribution in [1.82, 2.24) is 9.55 Å². The van der Waals surface area contributed by atoms with Gasteiger partial charge in [-0.3, -0.25) is 4.79 Å². The quantitative estimate of drug-likeness (QED) is 0.801. The van der Waals surface area contributed by atoms with E-state index in [1.54, 1.807) is 0 Å². The molecule has 0 amide bonds. The number of nitrogens with zero attached hydrogens (tertiary/aromatic N) is 3. The summed E-state index contributed by atoms with van der Waals surface area (Å²) < 4.78 is 2.14. The molecule has 20 heavy (non-hydrogen) atoms. The minimum absolute atomic E-state index is 0.0990. The van der Waals surface area contributed by atoms with Crippen LogP contribution in [0.3, 0.4) is 0 Å². The molecule has 0 radical (unpaired) electrons. The van der Waals surface area contributed by atoms with Crippen molar-refractivity contribution in [2.45, 2.75) is 32.2 Å². The maximum Gasteiger partial charge on any atom is 0.197 e. The molecule has 1 aliphatic heterocycles. The number of imidazole rings is 1. The molecule has 1 aliphatic rings. The monoisotopic (exact) mass is 265 g/mol. The highest BCUT2D eigenvalue weighted by atomic mass is 16.1. The number of hydrogen-bond donors (Lipinski definition) is 0. The van der Waals surface area contributed by atoms with E-state index >= 15 is 0 Å². The van der Waals surface area contributed by atoms with Crippen LogP contribution in [-0.4, -0.2) is 15.3 Å². The van der Waals surface area contributed by atoms with Crippen LogP contribution in [0.25, 0.3) is 11.4 Å². The Kier molecular flexibility index (Phi) is 3.34. The van der Waals surface area contributed by atoms with Gasteiger partial charge in [0.05, 0.1) is 6.07 Å². The Morgan fingerprint density at radius 3 is 2.85 bits per heavy atom. The minimum Gasteiger partial charge on any atom is -0.327 e. The van der Waals surface area contributed by atoms with Gasteiger partial charge in [-0.05, 0) is 19.3 Å². The number of carbonyl (C=O) groups excluding carboxylic acids is 1. The third-order valence-corrected chi connectivity index (χ3v) is 3.65. The number of carbonyl (C=O) groups is 1. The summed E-state index contributed by atoms with van der Waals surface area (Å²) in [7, 11) is 0. The molecule has 2 heterocycles. The van der Waals surface area contributed by atoms with E-state index in [4.69, 9.17) is 5.26 Å². The predicted molar refractivity (Wildman–Crippen MR) is 75.2 cm³/mol. The molecule has 1 aromatic heterocycles. The average Bonchev–Trinajstić information content (AvgIpc) is 2.88. The van der Waals surface area contributed by atoms with Gasteiger partial charge in [0, 0.05) is 17.8 Å².